The largest absolute Gasteiger partial charge is 0.445 e. The minimum atomic E-state index is -3.66. The summed E-state index contributed by atoms with van der Waals surface area (Å²) in [5, 5.41) is 4.18. The Hall–Kier alpha value is -1.98. The highest BCUT2D eigenvalue weighted by Crippen LogP contribution is 2.30. The average molecular weight is 486 g/mol. The fourth-order valence-electron chi connectivity index (χ4n) is 4.38. The van der Waals surface area contributed by atoms with E-state index in [1.54, 1.807) is 17.5 Å². The number of carbonyl (C=O) groups excluding carboxylic acids is 3. The van der Waals surface area contributed by atoms with Gasteiger partial charge in [-0.1, -0.05) is 25.3 Å². The number of nitrogens with zero attached hydrogens (tertiary/aromatic N) is 2. The summed E-state index contributed by atoms with van der Waals surface area (Å²) in [5.74, 6) is -0.271. The number of rotatable bonds is 9. The molecule has 11 heteroatoms. The minimum absolute atomic E-state index is 0.0472. The summed E-state index contributed by atoms with van der Waals surface area (Å²) in [4.78, 5) is 37.4. The van der Waals surface area contributed by atoms with Crippen LogP contribution in [-0.2, 0) is 24.3 Å². The number of likely N-dealkylation sites (tertiary alicyclic amines) is 1. The summed E-state index contributed by atoms with van der Waals surface area (Å²) >= 11 is 1.14. The Morgan fingerprint density at radius 3 is 2.69 bits per heavy atom. The van der Waals surface area contributed by atoms with Crippen LogP contribution in [0.2, 0.25) is 0 Å². The first kappa shape index (κ1) is 24.7. The third-order valence-electron chi connectivity index (χ3n) is 6.19. The van der Waals surface area contributed by atoms with Crippen molar-refractivity contribution in [1.82, 2.24) is 14.5 Å². The molecule has 2 heterocycles. The first-order valence-corrected chi connectivity index (χ1v) is 13.3. The van der Waals surface area contributed by atoms with E-state index in [-0.39, 0.29) is 29.1 Å². The number of aldehydes is 1. The molecule has 1 saturated carbocycles. The van der Waals surface area contributed by atoms with Crippen LogP contribution in [0.5, 0.6) is 0 Å². The Bertz CT molecular complexity index is 883. The molecule has 1 aliphatic carbocycles. The van der Waals surface area contributed by atoms with Gasteiger partial charge in [-0.3, -0.25) is 4.79 Å². The van der Waals surface area contributed by atoms with Crippen LogP contribution in [-0.4, -0.2) is 74.7 Å². The summed E-state index contributed by atoms with van der Waals surface area (Å²) in [6.07, 6.45) is 5.63. The van der Waals surface area contributed by atoms with Crippen molar-refractivity contribution in [3.63, 3.8) is 0 Å². The van der Waals surface area contributed by atoms with E-state index in [2.05, 4.69) is 5.32 Å². The van der Waals surface area contributed by atoms with Crippen LogP contribution in [0.1, 0.15) is 44.9 Å². The first-order chi connectivity index (χ1) is 15.3. The van der Waals surface area contributed by atoms with Gasteiger partial charge >= 0.3 is 6.09 Å². The van der Waals surface area contributed by atoms with Gasteiger partial charge in [0.05, 0.1) is 12.6 Å². The lowest BCUT2D eigenvalue weighted by Gasteiger charge is -2.32. The SMILES string of the molecule is CN(CC(OC(=O)NCC(=O)N1CCCC1C=O)C1CCCCC1)S(=O)(=O)c1cccs1. The smallest absolute Gasteiger partial charge is 0.407 e. The van der Waals surface area contributed by atoms with Crippen molar-refractivity contribution in [2.24, 2.45) is 5.92 Å². The van der Waals surface area contributed by atoms with Crippen molar-refractivity contribution in [2.75, 3.05) is 26.7 Å². The van der Waals surface area contributed by atoms with Gasteiger partial charge in [-0.25, -0.2) is 13.2 Å². The lowest BCUT2D eigenvalue weighted by atomic mass is 9.85. The molecule has 0 spiro atoms. The Balaban J connectivity index is 1.60. The Morgan fingerprint density at radius 2 is 2.03 bits per heavy atom. The van der Waals surface area contributed by atoms with E-state index < -0.39 is 28.3 Å². The van der Waals surface area contributed by atoms with Crippen LogP contribution in [0.25, 0.3) is 0 Å². The van der Waals surface area contributed by atoms with E-state index >= 15 is 0 Å². The zero-order valence-electron chi connectivity index (χ0n) is 18.3. The first-order valence-electron chi connectivity index (χ1n) is 11.0. The van der Waals surface area contributed by atoms with Crippen molar-refractivity contribution in [2.45, 2.75) is 61.3 Å². The van der Waals surface area contributed by atoms with Crippen molar-refractivity contribution in [3.8, 4) is 0 Å². The number of hydrogen-bond donors (Lipinski definition) is 1. The number of ether oxygens (including phenoxy) is 1. The highest BCUT2D eigenvalue weighted by molar-refractivity contribution is 7.91. The molecule has 0 radical (unpaired) electrons. The van der Waals surface area contributed by atoms with Gasteiger partial charge in [-0.15, -0.1) is 11.3 Å². The molecule has 1 aromatic rings. The molecule has 2 amide bonds. The molecule has 1 aromatic heterocycles. The second kappa shape index (κ2) is 11.2. The molecule has 0 bridgehead atoms. The fourth-order valence-corrected chi connectivity index (χ4v) is 6.76. The monoisotopic (exact) mass is 485 g/mol. The van der Waals surface area contributed by atoms with Crippen LogP contribution in [0.3, 0.4) is 0 Å². The van der Waals surface area contributed by atoms with Crippen molar-refractivity contribution in [1.29, 1.82) is 0 Å². The highest BCUT2D eigenvalue weighted by atomic mass is 32.2. The van der Waals surface area contributed by atoms with Gasteiger partial charge in [0.15, 0.2) is 0 Å². The van der Waals surface area contributed by atoms with Gasteiger partial charge in [-0.05, 0) is 43.0 Å². The molecule has 2 aliphatic rings. The molecule has 1 aliphatic heterocycles. The molecular weight excluding hydrogens is 454 g/mol. The predicted octanol–water partition coefficient (Wildman–Crippen LogP) is 2.23. The van der Waals surface area contributed by atoms with Gasteiger partial charge in [0.25, 0.3) is 10.0 Å². The summed E-state index contributed by atoms with van der Waals surface area (Å²) in [6, 6.07) is 2.79. The van der Waals surface area contributed by atoms with Gasteiger partial charge < -0.3 is 19.7 Å². The Morgan fingerprint density at radius 1 is 1.28 bits per heavy atom. The van der Waals surface area contributed by atoms with E-state index in [0.717, 1.165) is 56.1 Å². The summed E-state index contributed by atoms with van der Waals surface area (Å²) < 4.78 is 32.8. The van der Waals surface area contributed by atoms with Gasteiger partial charge in [0.1, 0.15) is 23.1 Å². The number of carbonyl (C=O) groups is 3. The quantitative estimate of drug-likeness (QED) is 0.537. The zero-order valence-corrected chi connectivity index (χ0v) is 19.9. The van der Waals surface area contributed by atoms with Gasteiger partial charge in [0.2, 0.25) is 5.91 Å². The van der Waals surface area contributed by atoms with Gasteiger partial charge in [0, 0.05) is 13.6 Å². The van der Waals surface area contributed by atoms with Gasteiger partial charge in [-0.2, -0.15) is 4.31 Å². The summed E-state index contributed by atoms with van der Waals surface area (Å²) in [6.45, 7) is 0.282. The maximum absolute atomic E-state index is 12.8. The maximum atomic E-state index is 12.8. The highest BCUT2D eigenvalue weighted by Gasteiger charge is 2.33. The lowest BCUT2D eigenvalue weighted by molar-refractivity contribution is -0.133. The number of sulfonamides is 1. The fraction of sp³-hybridized carbons (Fsp3) is 0.667. The van der Waals surface area contributed by atoms with E-state index in [4.69, 9.17) is 4.74 Å². The predicted molar refractivity (Wildman–Crippen MR) is 120 cm³/mol. The number of hydrogen-bond acceptors (Lipinski definition) is 7. The number of thiophene rings is 1. The normalized spacial score (nSPS) is 20.8. The maximum Gasteiger partial charge on any atom is 0.407 e. The number of nitrogens with one attached hydrogen (secondary N) is 1. The standard InChI is InChI=1S/C21H31N3O6S2/c1-23(32(28,29)20-10-6-12-31-20)14-18(16-7-3-2-4-8-16)30-21(27)22-13-19(26)24-11-5-9-17(24)15-25/h6,10,12,15-18H,2-5,7-9,11,13-14H2,1H3,(H,22,27). The van der Waals surface area contributed by atoms with Crippen molar-refractivity contribution >= 4 is 39.6 Å². The lowest BCUT2D eigenvalue weighted by Crippen LogP contribution is -2.46. The third-order valence-corrected chi connectivity index (χ3v) is 9.39. The second-order valence-electron chi connectivity index (χ2n) is 8.35. The van der Waals surface area contributed by atoms with Crippen LogP contribution >= 0.6 is 11.3 Å². The van der Waals surface area contributed by atoms with Crippen LogP contribution in [0.4, 0.5) is 4.79 Å². The van der Waals surface area contributed by atoms with E-state index in [9.17, 15) is 22.8 Å². The summed E-state index contributed by atoms with van der Waals surface area (Å²) in [7, 11) is -2.18. The average Bonchev–Trinajstić information content (AvgIpc) is 3.50. The molecular formula is C21H31N3O6S2. The minimum Gasteiger partial charge on any atom is -0.445 e. The van der Waals surface area contributed by atoms with E-state index in [0.29, 0.717) is 13.0 Å². The molecule has 1 saturated heterocycles. The molecule has 1 N–H and O–H groups in total. The van der Waals surface area contributed by atoms with Crippen molar-refractivity contribution < 1.29 is 27.5 Å². The second-order valence-corrected chi connectivity index (χ2v) is 11.6. The Kier molecular flexibility index (Phi) is 8.66. The van der Waals surface area contributed by atoms with E-state index in [1.165, 1.54) is 16.3 Å². The molecule has 0 aromatic carbocycles. The molecule has 3 rings (SSSR count). The molecule has 2 atom stereocenters. The van der Waals surface area contributed by atoms with E-state index in [1.807, 2.05) is 0 Å². The molecule has 178 valence electrons. The Labute approximate surface area is 193 Å². The molecule has 2 unspecified atom stereocenters. The topological polar surface area (TPSA) is 113 Å². The molecule has 32 heavy (non-hydrogen) atoms. The van der Waals surface area contributed by atoms with Crippen LogP contribution in [0, 0.1) is 5.92 Å². The number of amides is 2. The molecule has 9 nitrogen and oxygen atoms in total. The van der Waals surface area contributed by atoms with Crippen LogP contribution in [0.15, 0.2) is 21.7 Å². The van der Waals surface area contributed by atoms with Crippen LogP contribution < -0.4 is 5.32 Å². The third kappa shape index (κ3) is 6.08. The number of alkyl carbamates (subject to hydrolysis) is 1. The summed E-state index contributed by atoms with van der Waals surface area (Å²) in [5.41, 5.74) is 0. The number of likely N-dealkylation sites (N-methyl/N-ethyl adjacent to an activating group) is 1. The molecule has 2 fully saturated rings. The zero-order chi connectivity index (χ0) is 23.1. The van der Waals surface area contributed by atoms with Crippen molar-refractivity contribution in [3.05, 3.63) is 17.5 Å².